The second-order valence-corrected chi connectivity index (χ2v) is 10.2. The largest absolute Gasteiger partial charge is 0.456 e. The molecule has 1 saturated heterocycles. The number of benzene rings is 2. The first kappa shape index (κ1) is 27.9. The number of ether oxygens (including phenoxy) is 5. The molecule has 12 nitrogen and oxygen atoms in total. The lowest BCUT2D eigenvalue weighted by molar-refractivity contribution is -0.239. The second kappa shape index (κ2) is 10.9. The Kier molecular flexibility index (Phi) is 7.06. The summed E-state index contributed by atoms with van der Waals surface area (Å²) in [5.41, 5.74) is 2.37. The van der Waals surface area contributed by atoms with E-state index in [-0.39, 0.29) is 17.8 Å². The number of hydrogen-bond donors (Lipinski definition) is 1. The van der Waals surface area contributed by atoms with E-state index in [1.807, 2.05) is 24.3 Å². The molecule has 4 atom stereocenters. The first-order chi connectivity index (χ1) is 20.6. The molecular weight excluding hydrogens is 560 g/mol. The van der Waals surface area contributed by atoms with Crippen molar-refractivity contribution in [2.24, 2.45) is 0 Å². The zero-order valence-electron chi connectivity index (χ0n) is 23.3. The van der Waals surface area contributed by atoms with Gasteiger partial charge >= 0.3 is 29.8 Å². The van der Waals surface area contributed by atoms with Crippen LogP contribution in [0.5, 0.6) is 0 Å². The van der Waals surface area contributed by atoms with Crippen LogP contribution in [0.25, 0.3) is 33.0 Å². The zero-order chi connectivity index (χ0) is 30.4. The highest BCUT2D eigenvalue weighted by molar-refractivity contribution is 6.46. The van der Waals surface area contributed by atoms with Gasteiger partial charge in [0.2, 0.25) is 0 Å². The summed E-state index contributed by atoms with van der Waals surface area (Å²) in [4.78, 5) is 65.6. The molecule has 1 fully saturated rings. The van der Waals surface area contributed by atoms with Gasteiger partial charge in [-0.15, -0.1) is 0 Å². The summed E-state index contributed by atoms with van der Waals surface area (Å²) in [6, 6.07) is 14.4. The molecule has 43 heavy (non-hydrogen) atoms. The Morgan fingerprint density at radius 2 is 1.40 bits per heavy atom. The number of nitrogens with zero attached hydrogens (tertiary/aromatic N) is 1. The number of nitrogens with one attached hydrogen (secondary N) is 1. The minimum Gasteiger partial charge on any atom is -0.456 e. The van der Waals surface area contributed by atoms with Crippen molar-refractivity contribution < 1.29 is 47.7 Å². The number of cyclic esters (lactones) is 2. The third-order valence-electron chi connectivity index (χ3n) is 7.31. The molecule has 0 amide bonds. The maximum absolute atomic E-state index is 13.3. The Labute approximate surface area is 244 Å². The Morgan fingerprint density at radius 3 is 2.09 bits per heavy atom. The van der Waals surface area contributed by atoms with E-state index in [1.54, 1.807) is 41.2 Å². The number of carbonyl (C=O) groups excluding carboxylic acids is 5. The molecule has 0 spiro atoms. The minimum atomic E-state index is -1.25. The minimum absolute atomic E-state index is 0.0545. The fourth-order valence-electron chi connectivity index (χ4n) is 5.73. The standard InChI is InChI=1S/C31H26N2O10/c1-15(34)40-24-14-39-29(28(42-17(3)36)27(24)41-16(2)35)33-13-21(19-9-5-7-11-23(19)33)26-25(30(37)43-31(26)38)20-12-32-22-10-6-4-8-18(20)22/h4-13,24,27-29,32H,14H2,1-3H3. The van der Waals surface area contributed by atoms with E-state index < -0.39 is 54.4 Å². The van der Waals surface area contributed by atoms with Crippen LogP contribution >= 0.6 is 0 Å². The third-order valence-corrected chi connectivity index (χ3v) is 7.31. The summed E-state index contributed by atoms with van der Waals surface area (Å²) in [6.07, 6.45) is -1.33. The molecule has 4 heterocycles. The Bertz CT molecular complexity index is 1850. The van der Waals surface area contributed by atoms with Gasteiger partial charge in [0.1, 0.15) is 0 Å². The van der Waals surface area contributed by atoms with Crippen LogP contribution in [0.2, 0.25) is 0 Å². The van der Waals surface area contributed by atoms with Gasteiger partial charge < -0.3 is 33.2 Å². The van der Waals surface area contributed by atoms with E-state index in [2.05, 4.69) is 4.98 Å². The highest BCUT2D eigenvalue weighted by Gasteiger charge is 2.48. The van der Waals surface area contributed by atoms with Gasteiger partial charge in [-0.1, -0.05) is 36.4 Å². The molecule has 0 radical (unpaired) electrons. The van der Waals surface area contributed by atoms with Crippen molar-refractivity contribution in [1.82, 2.24) is 9.55 Å². The quantitative estimate of drug-likeness (QED) is 0.202. The van der Waals surface area contributed by atoms with Crippen LogP contribution in [0.1, 0.15) is 38.1 Å². The lowest BCUT2D eigenvalue weighted by Gasteiger charge is -2.41. The summed E-state index contributed by atoms with van der Waals surface area (Å²) in [5, 5.41) is 1.31. The zero-order valence-corrected chi connectivity index (χ0v) is 23.3. The number of para-hydroxylation sites is 2. The number of fused-ring (bicyclic) bond motifs is 2. The van der Waals surface area contributed by atoms with Crippen molar-refractivity contribution in [3.63, 3.8) is 0 Å². The third kappa shape index (κ3) is 4.95. The number of hydrogen-bond acceptors (Lipinski definition) is 10. The van der Waals surface area contributed by atoms with Gasteiger partial charge in [-0.3, -0.25) is 14.4 Å². The number of aromatic amines is 1. The molecule has 4 aromatic rings. The first-order valence-corrected chi connectivity index (χ1v) is 13.4. The molecule has 2 aliphatic heterocycles. The molecule has 4 unspecified atom stereocenters. The molecule has 220 valence electrons. The molecule has 12 heteroatoms. The molecule has 2 aromatic heterocycles. The first-order valence-electron chi connectivity index (χ1n) is 13.4. The maximum atomic E-state index is 13.3. The van der Waals surface area contributed by atoms with Gasteiger partial charge in [-0.2, -0.15) is 0 Å². The van der Waals surface area contributed by atoms with Gasteiger partial charge in [-0.05, 0) is 12.1 Å². The SMILES string of the molecule is CC(=O)OC1COC(n2cc(C3=C(c4c[nH]c5ccccc45)C(=O)OC3=O)c3ccccc32)C(OC(C)=O)C1OC(C)=O. The van der Waals surface area contributed by atoms with Crippen molar-refractivity contribution in [3.05, 3.63) is 72.1 Å². The second-order valence-electron chi connectivity index (χ2n) is 10.2. The average Bonchev–Trinajstić information content (AvgIpc) is 3.62. The molecule has 0 bridgehead atoms. The normalized spacial score (nSPS) is 22.1. The topological polar surface area (TPSA) is 152 Å². The molecule has 1 N–H and O–H groups in total. The predicted molar refractivity (Wildman–Crippen MR) is 150 cm³/mol. The van der Waals surface area contributed by atoms with Crippen LogP contribution in [-0.4, -0.2) is 64.3 Å². The summed E-state index contributed by atoms with van der Waals surface area (Å²) < 4.78 is 29.3. The van der Waals surface area contributed by atoms with E-state index in [4.69, 9.17) is 23.7 Å². The lowest BCUT2D eigenvalue weighted by atomic mass is 9.95. The van der Waals surface area contributed by atoms with Gasteiger partial charge in [0.05, 0.1) is 23.3 Å². The molecule has 2 aliphatic rings. The fraction of sp³-hybridized carbons (Fsp3) is 0.258. The molecule has 0 saturated carbocycles. The highest BCUT2D eigenvalue weighted by atomic mass is 16.6. The fourth-order valence-corrected chi connectivity index (χ4v) is 5.73. The van der Waals surface area contributed by atoms with Crippen LogP contribution in [0.4, 0.5) is 0 Å². The van der Waals surface area contributed by atoms with E-state index >= 15 is 0 Å². The van der Waals surface area contributed by atoms with Crippen molar-refractivity contribution in [2.45, 2.75) is 45.3 Å². The summed E-state index contributed by atoms with van der Waals surface area (Å²) >= 11 is 0. The number of aromatic nitrogens is 2. The number of H-pyrrole nitrogens is 1. The Balaban J connectivity index is 1.53. The van der Waals surface area contributed by atoms with E-state index in [0.717, 1.165) is 10.9 Å². The lowest BCUT2D eigenvalue weighted by Crippen LogP contribution is -2.55. The van der Waals surface area contributed by atoms with Crippen molar-refractivity contribution in [1.29, 1.82) is 0 Å². The van der Waals surface area contributed by atoms with Crippen LogP contribution in [0, 0.1) is 0 Å². The molecule has 2 aromatic carbocycles. The number of esters is 5. The van der Waals surface area contributed by atoms with Crippen molar-refractivity contribution >= 4 is 62.8 Å². The van der Waals surface area contributed by atoms with Gasteiger partial charge in [0.25, 0.3) is 0 Å². The van der Waals surface area contributed by atoms with Crippen LogP contribution in [0.3, 0.4) is 0 Å². The average molecular weight is 587 g/mol. The van der Waals surface area contributed by atoms with Gasteiger partial charge in [0, 0.05) is 60.6 Å². The number of rotatable bonds is 6. The molecule has 6 rings (SSSR count). The Morgan fingerprint density at radius 1 is 0.791 bits per heavy atom. The molecule has 0 aliphatic carbocycles. The van der Waals surface area contributed by atoms with Crippen LogP contribution in [-0.2, 0) is 47.7 Å². The van der Waals surface area contributed by atoms with Crippen molar-refractivity contribution in [3.8, 4) is 0 Å². The Hall–Kier alpha value is -5.23. The predicted octanol–water partition coefficient (Wildman–Crippen LogP) is 3.44. The maximum Gasteiger partial charge on any atom is 0.347 e. The highest BCUT2D eigenvalue weighted by Crippen LogP contribution is 2.42. The molecular formula is C31H26N2O10. The van der Waals surface area contributed by atoms with Crippen LogP contribution < -0.4 is 0 Å². The van der Waals surface area contributed by atoms with Crippen molar-refractivity contribution in [2.75, 3.05) is 6.61 Å². The summed E-state index contributed by atoms with van der Waals surface area (Å²) in [7, 11) is 0. The number of carbonyl (C=O) groups is 5. The summed E-state index contributed by atoms with van der Waals surface area (Å²) in [5.74, 6) is -3.61. The van der Waals surface area contributed by atoms with Gasteiger partial charge in [-0.25, -0.2) is 9.59 Å². The van der Waals surface area contributed by atoms with Gasteiger partial charge in [0.15, 0.2) is 24.5 Å². The van der Waals surface area contributed by atoms with E-state index in [9.17, 15) is 24.0 Å². The van der Waals surface area contributed by atoms with E-state index in [0.29, 0.717) is 22.0 Å². The monoisotopic (exact) mass is 586 g/mol. The summed E-state index contributed by atoms with van der Waals surface area (Å²) in [6.45, 7) is 3.38. The van der Waals surface area contributed by atoms with E-state index in [1.165, 1.54) is 20.8 Å². The van der Waals surface area contributed by atoms with Crippen LogP contribution in [0.15, 0.2) is 60.9 Å². The smallest absolute Gasteiger partial charge is 0.347 e.